The molecule has 2 fully saturated rings. The smallest absolute Gasteiger partial charge is 0.317 e. The lowest BCUT2D eigenvalue weighted by Gasteiger charge is -2.34. The summed E-state index contributed by atoms with van der Waals surface area (Å²) < 4.78 is 0. The van der Waals surface area contributed by atoms with Gasteiger partial charge in [0, 0.05) is 12.6 Å². The average molecular weight is 253 g/mol. The molecule has 0 heterocycles. The molecule has 0 bridgehead atoms. The molecule has 2 aliphatic rings. The Morgan fingerprint density at radius 2 is 1.72 bits per heavy atom. The van der Waals surface area contributed by atoms with Crippen molar-refractivity contribution in [3.63, 3.8) is 0 Å². The van der Waals surface area contributed by atoms with Crippen LogP contribution in [0.15, 0.2) is 0 Å². The van der Waals surface area contributed by atoms with Crippen molar-refractivity contribution in [1.29, 1.82) is 0 Å². The van der Waals surface area contributed by atoms with Crippen molar-refractivity contribution >= 4 is 5.97 Å². The zero-order valence-corrected chi connectivity index (χ0v) is 11.6. The highest BCUT2D eigenvalue weighted by Crippen LogP contribution is 2.31. The number of carboxylic acids is 1. The summed E-state index contributed by atoms with van der Waals surface area (Å²) in [5, 5.41) is 9.07. The fourth-order valence-corrected chi connectivity index (χ4v) is 3.63. The van der Waals surface area contributed by atoms with Gasteiger partial charge in [0.15, 0.2) is 0 Å². The predicted octanol–water partition coefficient (Wildman–Crippen LogP) is 3.14. The monoisotopic (exact) mass is 253 g/mol. The summed E-state index contributed by atoms with van der Waals surface area (Å²) in [5.74, 6) is 0.952. The number of carboxylic acid groups (broad SMARTS) is 1. The van der Waals surface area contributed by atoms with E-state index in [1.54, 1.807) is 0 Å². The molecule has 0 spiro atoms. The molecule has 3 nitrogen and oxygen atoms in total. The minimum atomic E-state index is -0.661. The van der Waals surface area contributed by atoms with E-state index in [0.29, 0.717) is 6.04 Å². The van der Waals surface area contributed by atoms with Crippen LogP contribution < -0.4 is 0 Å². The highest BCUT2D eigenvalue weighted by molar-refractivity contribution is 5.69. The van der Waals surface area contributed by atoms with Crippen molar-refractivity contribution in [3.05, 3.63) is 0 Å². The summed E-state index contributed by atoms with van der Waals surface area (Å²) in [6.45, 7) is 3.60. The molecule has 0 aromatic carbocycles. The molecule has 1 N–H and O–H groups in total. The van der Waals surface area contributed by atoms with Gasteiger partial charge in [0.1, 0.15) is 0 Å². The molecule has 3 heteroatoms. The van der Waals surface area contributed by atoms with Gasteiger partial charge in [0.05, 0.1) is 6.54 Å². The zero-order valence-electron chi connectivity index (χ0n) is 11.6. The molecule has 0 aliphatic heterocycles. The summed E-state index contributed by atoms with van der Waals surface area (Å²) in [6, 6.07) is 0.542. The lowest BCUT2D eigenvalue weighted by molar-refractivity contribution is -0.139. The maximum Gasteiger partial charge on any atom is 0.317 e. The van der Waals surface area contributed by atoms with Gasteiger partial charge >= 0.3 is 5.97 Å². The minimum absolute atomic E-state index is 0.247. The van der Waals surface area contributed by atoms with Crippen LogP contribution in [0.2, 0.25) is 0 Å². The van der Waals surface area contributed by atoms with Crippen LogP contribution in [-0.4, -0.2) is 35.1 Å². The number of rotatable bonds is 5. The third-order valence-corrected chi connectivity index (χ3v) is 4.81. The first-order valence-corrected chi connectivity index (χ1v) is 7.61. The lowest BCUT2D eigenvalue weighted by Crippen LogP contribution is -2.41. The van der Waals surface area contributed by atoms with Gasteiger partial charge in [-0.2, -0.15) is 0 Å². The molecular weight excluding hydrogens is 226 g/mol. The molecule has 0 radical (unpaired) electrons. The van der Waals surface area contributed by atoms with Gasteiger partial charge in [-0.3, -0.25) is 9.69 Å². The van der Waals surface area contributed by atoms with Crippen LogP contribution in [-0.2, 0) is 4.79 Å². The van der Waals surface area contributed by atoms with E-state index in [-0.39, 0.29) is 6.54 Å². The molecule has 0 aromatic rings. The highest BCUT2D eigenvalue weighted by atomic mass is 16.4. The fourth-order valence-electron chi connectivity index (χ4n) is 3.63. The van der Waals surface area contributed by atoms with Crippen LogP contribution >= 0.6 is 0 Å². The standard InChI is InChI=1S/C15H27NO2/c1-12-6-8-13(9-7-12)10-16(11-15(17)18)14-4-2-3-5-14/h12-14H,2-11H2,1H3,(H,17,18). The Morgan fingerprint density at radius 3 is 2.28 bits per heavy atom. The second-order valence-electron chi connectivity index (χ2n) is 6.39. The molecule has 0 atom stereocenters. The summed E-state index contributed by atoms with van der Waals surface area (Å²) >= 11 is 0. The van der Waals surface area contributed by atoms with E-state index in [1.165, 1.54) is 51.4 Å². The van der Waals surface area contributed by atoms with Crippen LogP contribution in [0.3, 0.4) is 0 Å². The topological polar surface area (TPSA) is 40.5 Å². The second-order valence-corrected chi connectivity index (χ2v) is 6.39. The van der Waals surface area contributed by atoms with Gasteiger partial charge < -0.3 is 5.11 Å². The van der Waals surface area contributed by atoms with Crippen LogP contribution in [0.5, 0.6) is 0 Å². The van der Waals surface area contributed by atoms with Gasteiger partial charge in [-0.05, 0) is 37.5 Å². The summed E-state index contributed by atoms with van der Waals surface area (Å²) in [4.78, 5) is 13.3. The van der Waals surface area contributed by atoms with Gasteiger partial charge in [-0.1, -0.05) is 32.6 Å². The van der Waals surface area contributed by atoms with E-state index in [0.717, 1.165) is 18.4 Å². The molecule has 18 heavy (non-hydrogen) atoms. The van der Waals surface area contributed by atoms with Crippen molar-refractivity contribution in [2.24, 2.45) is 11.8 Å². The molecular formula is C15H27NO2. The first-order valence-electron chi connectivity index (χ1n) is 7.61. The Bertz CT molecular complexity index is 266. The van der Waals surface area contributed by atoms with Gasteiger partial charge in [0.25, 0.3) is 0 Å². The third-order valence-electron chi connectivity index (χ3n) is 4.81. The Labute approximate surface area is 111 Å². The predicted molar refractivity (Wildman–Crippen MR) is 72.6 cm³/mol. The van der Waals surface area contributed by atoms with Crippen LogP contribution in [0, 0.1) is 11.8 Å². The number of hydrogen-bond donors (Lipinski definition) is 1. The van der Waals surface area contributed by atoms with E-state index in [4.69, 9.17) is 5.11 Å². The first kappa shape index (κ1) is 13.9. The van der Waals surface area contributed by atoms with Crippen molar-refractivity contribution in [2.75, 3.05) is 13.1 Å². The quantitative estimate of drug-likeness (QED) is 0.818. The third kappa shape index (κ3) is 3.98. The van der Waals surface area contributed by atoms with Crippen LogP contribution in [0.1, 0.15) is 58.3 Å². The number of hydrogen-bond acceptors (Lipinski definition) is 2. The van der Waals surface area contributed by atoms with Crippen molar-refractivity contribution < 1.29 is 9.90 Å². The number of nitrogens with zero attached hydrogens (tertiary/aromatic N) is 1. The van der Waals surface area contributed by atoms with E-state index in [9.17, 15) is 4.79 Å². The lowest BCUT2D eigenvalue weighted by atomic mass is 9.82. The maximum atomic E-state index is 11.0. The van der Waals surface area contributed by atoms with E-state index < -0.39 is 5.97 Å². The summed E-state index contributed by atoms with van der Waals surface area (Å²) in [7, 11) is 0. The molecule has 104 valence electrons. The van der Waals surface area contributed by atoms with Crippen molar-refractivity contribution in [2.45, 2.75) is 64.3 Å². The first-order chi connectivity index (χ1) is 8.65. The van der Waals surface area contributed by atoms with E-state index in [1.807, 2.05) is 0 Å². The molecule has 0 unspecified atom stereocenters. The van der Waals surface area contributed by atoms with Crippen LogP contribution in [0.4, 0.5) is 0 Å². The molecule has 2 rings (SSSR count). The summed E-state index contributed by atoms with van der Waals surface area (Å²) in [5.41, 5.74) is 0. The SMILES string of the molecule is CC1CCC(CN(CC(=O)O)C2CCCC2)CC1. The normalized spacial score (nSPS) is 29.9. The Morgan fingerprint density at radius 1 is 1.11 bits per heavy atom. The zero-order chi connectivity index (χ0) is 13.0. The Balaban J connectivity index is 1.85. The van der Waals surface area contributed by atoms with Gasteiger partial charge in [0.2, 0.25) is 0 Å². The van der Waals surface area contributed by atoms with Crippen LogP contribution in [0.25, 0.3) is 0 Å². The molecule has 0 amide bonds. The van der Waals surface area contributed by atoms with E-state index in [2.05, 4.69) is 11.8 Å². The van der Waals surface area contributed by atoms with Gasteiger partial charge in [-0.25, -0.2) is 0 Å². The molecule has 0 saturated heterocycles. The van der Waals surface area contributed by atoms with Crippen molar-refractivity contribution in [1.82, 2.24) is 4.90 Å². The fraction of sp³-hybridized carbons (Fsp3) is 0.933. The Hall–Kier alpha value is -0.570. The molecule has 2 saturated carbocycles. The highest BCUT2D eigenvalue weighted by Gasteiger charge is 2.28. The second kappa shape index (κ2) is 6.55. The maximum absolute atomic E-state index is 11.0. The van der Waals surface area contributed by atoms with Gasteiger partial charge in [-0.15, -0.1) is 0 Å². The number of carbonyl (C=O) groups is 1. The minimum Gasteiger partial charge on any atom is -0.480 e. The van der Waals surface area contributed by atoms with E-state index >= 15 is 0 Å². The number of aliphatic carboxylic acids is 1. The molecule has 2 aliphatic carbocycles. The largest absolute Gasteiger partial charge is 0.480 e. The summed E-state index contributed by atoms with van der Waals surface area (Å²) in [6.07, 6.45) is 10.2. The Kier molecular flexibility index (Phi) is 5.04. The molecule has 0 aromatic heterocycles. The van der Waals surface area contributed by atoms with Crippen molar-refractivity contribution in [3.8, 4) is 0 Å². The average Bonchev–Trinajstić information content (AvgIpc) is 2.84.